The maximum Gasteiger partial charge on any atom is 0.258 e. The average molecular weight is 492 g/mol. The molecule has 2 aromatic carbocycles. The van der Waals surface area contributed by atoms with E-state index < -0.39 is 0 Å². The van der Waals surface area contributed by atoms with Crippen molar-refractivity contribution in [3.05, 3.63) is 53.3 Å². The fourth-order valence-electron chi connectivity index (χ4n) is 6.80. The zero-order valence-electron chi connectivity index (χ0n) is 20.7. The zero-order chi connectivity index (χ0) is 24.2. The summed E-state index contributed by atoms with van der Waals surface area (Å²) in [6.45, 7) is 4.87. The lowest BCUT2D eigenvalue weighted by atomic mass is 9.98. The molecule has 190 valence electrons. The van der Waals surface area contributed by atoms with Crippen molar-refractivity contribution in [2.75, 3.05) is 49.2 Å². The largest absolute Gasteiger partial charge is 0.491 e. The molecule has 1 amide bonds. The quantitative estimate of drug-likeness (QED) is 0.604. The molecule has 4 atom stereocenters. The topological polar surface area (TPSA) is 45.3 Å². The second kappa shape index (κ2) is 9.03. The molecule has 4 fully saturated rings. The summed E-state index contributed by atoms with van der Waals surface area (Å²) in [6.07, 6.45) is 6.79. The zero-order valence-corrected chi connectivity index (χ0v) is 20.7. The van der Waals surface area contributed by atoms with Gasteiger partial charge < -0.3 is 19.3 Å². The van der Waals surface area contributed by atoms with Gasteiger partial charge in [-0.2, -0.15) is 0 Å². The van der Waals surface area contributed by atoms with Gasteiger partial charge in [0.05, 0.1) is 11.8 Å². The first-order chi connectivity index (χ1) is 17.6. The highest BCUT2D eigenvalue weighted by molar-refractivity contribution is 6.08. The number of fused-ring (bicyclic) bond motifs is 2. The second-order valence-corrected chi connectivity index (χ2v) is 11.1. The smallest absolute Gasteiger partial charge is 0.258 e. The minimum absolute atomic E-state index is 0.0802. The molecule has 3 unspecified atom stereocenters. The first-order valence-corrected chi connectivity index (χ1v) is 13.6. The van der Waals surface area contributed by atoms with Crippen LogP contribution in [0, 0.1) is 11.7 Å². The molecule has 1 aliphatic carbocycles. The van der Waals surface area contributed by atoms with Gasteiger partial charge >= 0.3 is 0 Å². The Labute approximate surface area is 211 Å². The van der Waals surface area contributed by atoms with Crippen LogP contribution in [-0.2, 0) is 11.2 Å². The van der Waals surface area contributed by atoms with Crippen LogP contribution in [-0.4, -0.2) is 68.4 Å². The molecular weight excluding hydrogens is 457 g/mol. The average Bonchev–Trinajstić information content (AvgIpc) is 3.30. The Bertz CT molecular complexity index is 1170. The minimum Gasteiger partial charge on any atom is -0.491 e. The summed E-state index contributed by atoms with van der Waals surface area (Å²) in [5.74, 6) is 1.38. The highest BCUT2D eigenvalue weighted by atomic mass is 19.1. The van der Waals surface area contributed by atoms with E-state index in [0.717, 1.165) is 62.2 Å². The Balaban J connectivity index is 1.02. The third-order valence-electron chi connectivity index (χ3n) is 8.90. The van der Waals surface area contributed by atoms with E-state index in [4.69, 9.17) is 9.47 Å². The van der Waals surface area contributed by atoms with Crippen LogP contribution in [0.2, 0.25) is 0 Å². The van der Waals surface area contributed by atoms with Crippen LogP contribution < -0.4 is 14.5 Å². The van der Waals surface area contributed by atoms with Crippen molar-refractivity contribution in [3.63, 3.8) is 0 Å². The fraction of sp³-hybridized carbons (Fsp3) is 0.552. The number of carbonyl (C=O) groups is 1. The standard InChI is InChI=1S/C29H34FN3O3/c30-26-16-21(3-6-27(26)31-10-9-22(17-31)32-11-8-20-15-28(20)32)33-12-7-19-14-23(4-5-25(19)29(33)34)36-18-24-2-1-13-35-24/h3-6,14,16,20,22,24,28H,1-2,7-13,15,17-18H2/t20?,22?,24-,28?/m0/s1. The summed E-state index contributed by atoms with van der Waals surface area (Å²) in [5.41, 5.74) is 2.94. The summed E-state index contributed by atoms with van der Waals surface area (Å²) < 4.78 is 26.9. The maximum absolute atomic E-state index is 15.3. The minimum atomic E-state index is -0.240. The van der Waals surface area contributed by atoms with Gasteiger partial charge in [-0.3, -0.25) is 9.69 Å². The fourth-order valence-corrected chi connectivity index (χ4v) is 6.80. The number of rotatable bonds is 6. The molecular formula is C29H34FN3O3. The number of amides is 1. The third kappa shape index (κ3) is 4.06. The number of likely N-dealkylation sites (tertiary alicyclic amines) is 1. The van der Waals surface area contributed by atoms with Crippen molar-refractivity contribution in [2.45, 2.75) is 56.7 Å². The molecule has 36 heavy (non-hydrogen) atoms. The number of piperidine rings is 1. The predicted molar refractivity (Wildman–Crippen MR) is 137 cm³/mol. The van der Waals surface area contributed by atoms with Gasteiger partial charge in [0.25, 0.3) is 5.91 Å². The number of anilines is 2. The number of benzene rings is 2. The summed E-state index contributed by atoms with van der Waals surface area (Å²) in [4.78, 5) is 19.9. The van der Waals surface area contributed by atoms with Crippen molar-refractivity contribution < 1.29 is 18.7 Å². The monoisotopic (exact) mass is 491 g/mol. The van der Waals surface area contributed by atoms with E-state index in [-0.39, 0.29) is 17.8 Å². The van der Waals surface area contributed by atoms with E-state index in [2.05, 4.69) is 9.80 Å². The Morgan fingerprint density at radius 3 is 2.78 bits per heavy atom. The van der Waals surface area contributed by atoms with Gasteiger partial charge in [0, 0.05) is 49.6 Å². The third-order valence-corrected chi connectivity index (χ3v) is 8.90. The van der Waals surface area contributed by atoms with Crippen LogP contribution in [0.4, 0.5) is 15.8 Å². The molecule has 1 saturated carbocycles. The molecule has 7 heteroatoms. The van der Waals surface area contributed by atoms with Gasteiger partial charge in [-0.05, 0) is 92.9 Å². The summed E-state index contributed by atoms with van der Waals surface area (Å²) in [7, 11) is 0. The first kappa shape index (κ1) is 22.5. The Morgan fingerprint density at radius 1 is 1.06 bits per heavy atom. The molecule has 0 radical (unpaired) electrons. The molecule has 0 spiro atoms. The van der Waals surface area contributed by atoms with Gasteiger partial charge in [-0.1, -0.05) is 0 Å². The molecule has 0 N–H and O–H groups in total. The molecule has 2 aromatic rings. The van der Waals surface area contributed by atoms with Crippen LogP contribution >= 0.6 is 0 Å². The second-order valence-electron chi connectivity index (χ2n) is 11.1. The Kier molecular flexibility index (Phi) is 5.66. The Hall–Kier alpha value is -2.64. The maximum atomic E-state index is 15.3. The van der Waals surface area contributed by atoms with E-state index in [1.54, 1.807) is 4.90 Å². The van der Waals surface area contributed by atoms with Crippen molar-refractivity contribution in [1.82, 2.24) is 4.90 Å². The molecule has 7 rings (SSSR count). The van der Waals surface area contributed by atoms with Crippen LogP contribution in [0.5, 0.6) is 5.75 Å². The number of carbonyl (C=O) groups excluding carboxylic acids is 1. The lowest BCUT2D eigenvalue weighted by Crippen LogP contribution is -2.38. The molecule has 4 aliphatic heterocycles. The van der Waals surface area contributed by atoms with Gasteiger partial charge in [-0.25, -0.2) is 4.39 Å². The van der Waals surface area contributed by atoms with Crippen LogP contribution in [0.25, 0.3) is 0 Å². The van der Waals surface area contributed by atoms with Crippen molar-refractivity contribution in [1.29, 1.82) is 0 Å². The van der Waals surface area contributed by atoms with Crippen molar-refractivity contribution >= 4 is 17.3 Å². The number of nitrogens with zero attached hydrogens (tertiary/aromatic N) is 3. The van der Waals surface area contributed by atoms with E-state index in [1.807, 2.05) is 30.3 Å². The molecule has 6 nitrogen and oxygen atoms in total. The normalized spacial score (nSPS) is 29.5. The highest BCUT2D eigenvalue weighted by Gasteiger charge is 2.49. The van der Waals surface area contributed by atoms with Crippen LogP contribution in [0.3, 0.4) is 0 Å². The molecule has 3 saturated heterocycles. The number of hydrogen-bond acceptors (Lipinski definition) is 5. The van der Waals surface area contributed by atoms with Crippen molar-refractivity contribution in [2.24, 2.45) is 5.92 Å². The van der Waals surface area contributed by atoms with Gasteiger partial charge in [-0.15, -0.1) is 0 Å². The van der Waals surface area contributed by atoms with Gasteiger partial charge in [0.15, 0.2) is 0 Å². The summed E-state index contributed by atoms with van der Waals surface area (Å²) >= 11 is 0. The van der Waals surface area contributed by atoms with E-state index in [9.17, 15) is 4.79 Å². The van der Waals surface area contributed by atoms with Gasteiger partial charge in [0.2, 0.25) is 0 Å². The summed E-state index contributed by atoms with van der Waals surface area (Å²) in [6, 6.07) is 12.3. The van der Waals surface area contributed by atoms with Crippen LogP contribution in [0.15, 0.2) is 36.4 Å². The van der Waals surface area contributed by atoms with Gasteiger partial charge in [0.1, 0.15) is 18.2 Å². The number of halogens is 1. The highest BCUT2D eigenvalue weighted by Crippen LogP contribution is 2.46. The van der Waals surface area contributed by atoms with Crippen molar-refractivity contribution in [3.8, 4) is 5.75 Å². The number of ether oxygens (including phenoxy) is 2. The Morgan fingerprint density at radius 2 is 2.00 bits per heavy atom. The van der Waals surface area contributed by atoms with E-state index in [0.29, 0.717) is 42.6 Å². The SMILES string of the molecule is O=C1c2ccc(OC[C@@H]3CCCO3)cc2CCN1c1ccc(N2CCC(N3CCC4CC43)C2)c(F)c1. The summed E-state index contributed by atoms with van der Waals surface area (Å²) in [5, 5.41) is 0. The molecule has 4 heterocycles. The lowest BCUT2D eigenvalue weighted by Gasteiger charge is -2.30. The molecule has 5 aliphatic rings. The lowest BCUT2D eigenvalue weighted by molar-refractivity contribution is 0.0679. The number of hydrogen-bond donors (Lipinski definition) is 0. The predicted octanol–water partition coefficient (Wildman–Crippen LogP) is 4.26. The van der Waals surface area contributed by atoms with Crippen LogP contribution in [0.1, 0.15) is 48.0 Å². The van der Waals surface area contributed by atoms with E-state index >= 15 is 4.39 Å². The van der Waals surface area contributed by atoms with E-state index in [1.165, 1.54) is 25.5 Å². The first-order valence-electron chi connectivity index (χ1n) is 13.6. The molecule has 0 bridgehead atoms. The molecule has 0 aromatic heterocycles.